The third-order valence-corrected chi connectivity index (χ3v) is 3.26. The van der Waals surface area contributed by atoms with Crippen LogP contribution in [0.15, 0.2) is 54.6 Å². The second kappa shape index (κ2) is 8.73. The number of hydrogen-bond acceptors (Lipinski definition) is 4. The molecule has 2 rings (SSSR count). The van der Waals surface area contributed by atoms with Gasteiger partial charge in [0, 0.05) is 18.4 Å². The van der Waals surface area contributed by atoms with Gasteiger partial charge in [0.05, 0.1) is 6.61 Å². The summed E-state index contributed by atoms with van der Waals surface area (Å²) in [5.41, 5.74) is 1.86. The van der Waals surface area contributed by atoms with Crippen LogP contribution in [0.2, 0.25) is 0 Å². The Balaban J connectivity index is 1.95. The normalized spacial score (nSPS) is 10.1. The zero-order valence-corrected chi connectivity index (χ0v) is 13.2. The summed E-state index contributed by atoms with van der Waals surface area (Å²) in [5.74, 6) is -0.109. The van der Waals surface area contributed by atoms with E-state index in [-0.39, 0.29) is 24.8 Å². The summed E-state index contributed by atoms with van der Waals surface area (Å²) in [6, 6.07) is 17.2. The molecule has 0 aliphatic carbocycles. The zero-order chi connectivity index (χ0) is 16.5. The van der Waals surface area contributed by atoms with E-state index in [9.17, 15) is 9.59 Å². The first-order valence-electron chi connectivity index (χ1n) is 7.71. The highest BCUT2D eigenvalue weighted by Gasteiger charge is 2.11. The minimum absolute atomic E-state index is 0.182. The fourth-order valence-corrected chi connectivity index (χ4v) is 2.20. The van der Waals surface area contributed by atoms with E-state index >= 15 is 0 Å². The largest absolute Gasteiger partial charge is 0.466 e. The Morgan fingerprint density at radius 1 is 0.870 bits per heavy atom. The van der Waals surface area contributed by atoms with E-state index in [1.807, 2.05) is 48.5 Å². The molecular weight excluding hydrogens is 292 g/mol. The lowest BCUT2D eigenvalue weighted by molar-refractivity contribution is -0.143. The van der Waals surface area contributed by atoms with Crippen LogP contribution in [0, 0.1) is 0 Å². The van der Waals surface area contributed by atoms with Crippen LogP contribution in [0.3, 0.4) is 0 Å². The smallest absolute Gasteiger partial charge is 0.311 e. The van der Waals surface area contributed by atoms with E-state index in [4.69, 9.17) is 9.47 Å². The van der Waals surface area contributed by atoms with Gasteiger partial charge >= 0.3 is 11.9 Å². The molecule has 0 fully saturated rings. The Morgan fingerprint density at radius 3 is 2.26 bits per heavy atom. The van der Waals surface area contributed by atoms with Gasteiger partial charge in [-0.15, -0.1) is 0 Å². The highest BCUT2D eigenvalue weighted by molar-refractivity contribution is 5.78. The van der Waals surface area contributed by atoms with Crippen molar-refractivity contribution in [3.05, 3.63) is 54.6 Å². The maximum absolute atomic E-state index is 12.0. The molecule has 0 saturated heterocycles. The molecule has 23 heavy (non-hydrogen) atoms. The first-order chi connectivity index (χ1) is 11.2. The molecule has 0 heterocycles. The van der Waals surface area contributed by atoms with Gasteiger partial charge in [0.1, 0.15) is 5.75 Å². The third kappa shape index (κ3) is 5.25. The van der Waals surface area contributed by atoms with Crippen molar-refractivity contribution in [2.75, 3.05) is 6.61 Å². The van der Waals surface area contributed by atoms with Crippen molar-refractivity contribution in [1.29, 1.82) is 0 Å². The number of benzene rings is 2. The fraction of sp³-hybridized carbons (Fsp3) is 0.263. The summed E-state index contributed by atoms with van der Waals surface area (Å²) in [6.07, 6.45) is 0.830. The minimum Gasteiger partial charge on any atom is -0.466 e. The van der Waals surface area contributed by atoms with Crippen molar-refractivity contribution in [2.45, 2.75) is 26.2 Å². The van der Waals surface area contributed by atoms with Gasteiger partial charge in [-0.25, -0.2) is 0 Å². The first-order valence-corrected chi connectivity index (χ1v) is 7.71. The Morgan fingerprint density at radius 2 is 1.52 bits per heavy atom. The van der Waals surface area contributed by atoms with E-state index in [0.717, 1.165) is 11.1 Å². The molecule has 0 atom stereocenters. The van der Waals surface area contributed by atoms with Crippen molar-refractivity contribution < 1.29 is 19.1 Å². The molecular formula is C19H20O4. The van der Waals surface area contributed by atoms with Crippen molar-refractivity contribution >= 4 is 11.9 Å². The molecule has 2 aromatic rings. The van der Waals surface area contributed by atoms with Crippen LogP contribution in [0.1, 0.15) is 26.2 Å². The molecule has 120 valence electrons. The van der Waals surface area contributed by atoms with Gasteiger partial charge in [-0.3, -0.25) is 9.59 Å². The molecule has 0 aromatic heterocycles. The van der Waals surface area contributed by atoms with Crippen LogP contribution >= 0.6 is 0 Å². The van der Waals surface area contributed by atoms with E-state index in [1.54, 1.807) is 13.0 Å². The number of carbonyl (C=O) groups is 2. The minimum atomic E-state index is -0.349. The Labute approximate surface area is 136 Å². The molecule has 0 radical (unpaired) electrons. The van der Waals surface area contributed by atoms with Crippen LogP contribution < -0.4 is 4.74 Å². The molecule has 0 spiro atoms. The topological polar surface area (TPSA) is 52.6 Å². The number of hydrogen-bond donors (Lipinski definition) is 0. The standard InChI is InChI=1S/C19H20O4/c1-2-22-18(20)13-8-14-19(21)23-17-12-7-6-11-16(17)15-9-4-3-5-10-15/h3-7,9-12H,2,8,13-14H2,1H3. The molecule has 0 aliphatic rings. The molecule has 4 nitrogen and oxygen atoms in total. The lowest BCUT2D eigenvalue weighted by Crippen LogP contribution is -2.10. The summed E-state index contributed by atoms with van der Waals surface area (Å²) in [6.45, 7) is 2.11. The van der Waals surface area contributed by atoms with E-state index in [2.05, 4.69) is 0 Å². The molecule has 0 bridgehead atoms. The molecule has 4 heteroatoms. The monoisotopic (exact) mass is 312 g/mol. The molecule has 2 aromatic carbocycles. The maximum Gasteiger partial charge on any atom is 0.311 e. The van der Waals surface area contributed by atoms with E-state index in [0.29, 0.717) is 18.8 Å². The van der Waals surface area contributed by atoms with Crippen LogP contribution in [0.25, 0.3) is 11.1 Å². The summed E-state index contributed by atoms with van der Waals surface area (Å²) in [7, 11) is 0. The zero-order valence-electron chi connectivity index (χ0n) is 13.2. The van der Waals surface area contributed by atoms with Crippen molar-refractivity contribution in [1.82, 2.24) is 0 Å². The first kappa shape index (κ1) is 16.7. The highest BCUT2D eigenvalue weighted by Crippen LogP contribution is 2.29. The second-order valence-corrected chi connectivity index (χ2v) is 4.99. The summed E-state index contributed by atoms with van der Waals surface area (Å²) in [4.78, 5) is 23.2. The fourth-order valence-electron chi connectivity index (χ4n) is 2.20. The van der Waals surface area contributed by atoms with Crippen molar-refractivity contribution in [3.8, 4) is 16.9 Å². The molecule has 0 aliphatic heterocycles. The van der Waals surface area contributed by atoms with Gasteiger partial charge in [0.15, 0.2) is 0 Å². The molecule has 0 saturated carbocycles. The van der Waals surface area contributed by atoms with Crippen LogP contribution in [-0.2, 0) is 14.3 Å². The number of carbonyl (C=O) groups excluding carboxylic acids is 2. The Bertz CT molecular complexity index is 649. The SMILES string of the molecule is CCOC(=O)CCCC(=O)Oc1ccccc1-c1ccccc1. The van der Waals surface area contributed by atoms with Crippen LogP contribution in [0.4, 0.5) is 0 Å². The molecule has 0 N–H and O–H groups in total. The average molecular weight is 312 g/mol. The highest BCUT2D eigenvalue weighted by atomic mass is 16.5. The lowest BCUT2D eigenvalue weighted by Gasteiger charge is -2.10. The van der Waals surface area contributed by atoms with Gasteiger partial charge in [0.2, 0.25) is 0 Å². The lowest BCUT2D eigenvalue weighted by atomic mass is 10.1. The van der Waals surface area contributed by atoms with Gasteiger partial charge < -0.3 is 9.47 Å². The summed E-state index contributed by atoms with van der Waals surface area (Å²) >= 11 is 0. The number of esters is 2. The van der Waals surface area contributed by atoms with E-state index in [1.165, 1.54) is 0 Å². The number of para-hydroxylation sites is 1. The summed E-state index contributed by atoms with van der Waals surface area (Å²) < 4.78 is 10.3. The van der Waals surface area contributed by atoms with E-state index < -0.39 is 0 Å². The van der Waals surface area contributed by atoms with Crippen LogP contribution in [-0.4, -0.2) is 18.5 Å². The van der Waals surface area contributed by atoms with Gasteiger partial charge in [-0.2, -0.15) is 0 Å². The van der Waals surface area contributed by atoms with Crippen molar-refractivity contribution in [2.24, 2.45) is 0 Å². The molecule has 0 unspecified atom stereocenters. The quantitative estimate of drug-likeness (QED) is 0.573. The number of ether oxygens (including phenoxy) is 2. The second-order valence-electron chi connectivity index (χ2n) is 4.99. The third-order valence-electron chi connectivity index (χ3n) is 3.26. The van der Waals surface area contributed by atoms with Crippen molar-refractivity contribution in [3.63, 3.8) is 0 Å². The number of rotatable bonds is 7. The predicted octanol–water partition coefficient (Wildman–Crippen LogP) is 3.99. The van der Waals surface area contributed by atoms with Gasteiger partial charge in [0.25, 0.3) is 0 Å². The molecule has 0 amide bonds. The van der Waals surface area contributed by atoms with Gasteiger partial charge in [-0.1, -0.05) is 48.5 Å². The average Bonchev–Trinajstić information content (AvgIpc) is 2.56. The Kier molecular flexibility index (Phi) is 6.36. The van der Waals surface area contributed by atoms with Gasteiger partial charge in [-0.05, 0) is 25.0 Å². The Hall–Kier alpha value is -2.62. The maximum atomic E-state index is 12.0. The summed E-state index contributed by atoms with van der Waals surface area (Å²) in [5, 5.41) is 0. The van der Waals surface area contributed by atoms with Crippen LogP contribution in [0.5, 0.6) is 5.75 Å². The predicted molar refractivity (Wildman–Crippen MR) is 88.0 cm³/mol.